The lowest BCUT2D eigenvalue weighted by atomic mass is 9.83. The van der Waals surface area contributed by atoms with Crippen LogP contribution in [0.25, 0.3) is 0 Å². The molecule has 1 atom stereocenters. The van der Waals surface area contributed by atoms with Crippen molar-refractivity contribution in [2.45, 2.75) is 69.9 Å². The van der Waals surface area contributed by atoms with E-state index in [1.54, 1.807) is 0 Å². The van der Waals surface area contributed by atoms with Crippen molar-refractivity contribution in [1.29, 1.82) is 0 Å². The van der Waals surface area contributed by atoms with Crippen LogP contribution in [-0.2, 0) is 0 Å². The molecule has 3 aliphatic rings. The van der Waals surface area contributed by atoms with Gasteiger partial charge in [-0.2, -0.15) is 0 Å². The molecule has 0 aromatic heterocycles. The van der Waals surface area contributed by atoms with Gasteiger partial charge in [0.05, 0.1) is 0 Å². The van der Waals surface area contributed by atoms with E-state index >= 15 is 0 Å². The van der Waals surface area contributed by atoms with E-state index in [-0.39, 0.29) is 0 Å². The van der Waals surface area contributed by atoms with Crippen LogP contribution in [0.4, 0.5) is 0 Å². The van der Waals surface area contributed by atoms with Crippen LogP contribution in [0.2, 0.25) is 0 Å². The fourth-order valence-electron chi connectivity index (χ4n) is 3.71. The SMILES string of the molecule is CNC(CN(CC1CC1)C1CC1)C1CCCCC1. The zero-order valence-corrected chi connectivity index (χ0v) is 12.0. The van der Waals surface area contributed by atoms with Gasteiger partial charge in [0, 0.05) is 25.2 Å². The maximum absolute atomic E-state index is 3.64. The molecule has 0 aromatic rings. The quantitative estimate of drug-likeness (QED) is 0.747. The molecule has 0 saturated heterocycles. The van der Waals surface area contributed by atoms with Crippen LogP contribution in [-0.4, -0.2) is 37.1 Å². The molecule has 0 bridgehead atoms. The highest BCUT2D eigenvalue weighted by Gasteiger charge is 2.35. The van der Waals surface area contributed by atoms with Crippen molar-refractivity contribution < 1.29 is 0 Å². The molecule has 0 heterocycles. The highest BCUT2D eigenvalue weighted by atomic mass is 15.2. The van der Waals surface area contributed by atoms with Gasteiger partial charge in [-0.1, -0.05) is 19.3 Å². The van der Waals surface area contributed by atoms with Crippen molar-refractivity contribution in [2.24, 2.45) is 11.8 Å². The van der Waals surface area contributed by atoms with Crippen LogP contribution in [0, 0.1) is 11.8 Å². The number of hydrogen-bond acceptors (Lipinski definition) is 2. The molecular weight excluding hydrogens is 220 g/mol. The molecule has 18 heavy (non-hydrogen) atoms. The van der Waals surface area contributed by atoms with Gasteiger partial charge < -0.3 is 5.32 Å². The molecule has 3 rings (SSSR count). The third-order valence-corrected chi connectivity index (χ3v) is 5.27. The topological polar surface area (TPSA) is 15.3 Å². The Kier molecular flexibility index (Phi) is 4.25. The van der Waals surface area contributed by atoms with E-state index in [0.717, 1.165) is 23.9 Å². The van der Waals surface area contributed by atoms with Gasteiger partial charge in [-0.15, -0.1) is 0 Å². The minimum Gasteiger partial charge on any atom is -0.315 e. The Bertz CT molecular complexity index is 252. The summed E-state index contributed by atoms with van der Waals surface area (Å²) in [5.41, 5.74) is 0. The van der Waals surface area contributed by atoms with Crippen LogP contribution in [0.1, 0.15) is 57.8 Å². The summed E-state index contributed by atoms with van der Waals surface area (Å²) in [5.74, 6) is 2.00. The summed E-state index contributed by atoms with van der Waals surface area (Å²) < 4.78 is 0. The Hall–Kier alpha value is -0.0800. The van der Waals surface area contributed by atoms with Gasteiger partial charge in [0.25, 0.3) is 0 Å². The predicted octanol–water partition coefficient (Wildman–Crippen LogP) is 3.03. The van der Waals surface area contributed by atoms with Crippen LogP contribution in [0.15, 0.2) is 0 Å². The second-order valence-corrected chi connectivity index (χ2v) is 6.92. The Morgan fingerprint density at radius 3 is 2.28 bits per heavy atom. The molecule has 3 aliphatic carbocycles. The van der Waals surface area contributed by atoms with E-state index in [9.17, 15) is 0 Å². The van der Waals surface area contributed by atoms with E-state index in [4.69, 9.17) is 0 Å². The molecule has 0 spiro atoms. The van der Waals surface area contributed by atoms with Gasteiger partial charge in [-0.3, -0.25) is 4.90 Å². The first kappa shape index (κ1) is 12.9. The zero-order chi connectivity index (χ0) is 12.4. The van der Waals surface area contributed by atoms with Gasteiger partial charge >= 0.3 is 0 Å². The molecule has 3 saturated carbocycles. The fraction of sp³-hybridized carbons (Fsp3) is 1.00. The van der Waals surface area contributed by atoms with Crippen LogP contribution in [0.3, 0.4) is 0 Å². The standard InChI is InChI=1S/C16H30N2/c1-17-16(14-5-3-2-4-6-14)12-18(15-9-10-15)11-13-7-8-13/h13-17H,2-12H2,1H3. The summed E-state index contributed by atoms with van der Waals surface area (Å²) in [4.78, 5) is 2.83. The minimum absolute atomic E-state index is 0.754. The minimum atomic E-state index is 0.754. The summed E-state index contributed by atoms with van der Waals surface area (Å²) in [6.45, 7) is 2.72. The molecular formula is C16H30N2. The molecule has 3 fully saturated rings. The van der Waals surface area contributed by atoms with Crippen molar-refractivity contribution >= 4 is 0 Å². The van der Waals surface area contributed by atoms with Crippen LogP contribution in [0.5, 0.6) is 0 Å². The van der Waals surface area contributed by atoms with Gasteiger partial charge in [-0.05, 0) is 57.4 Å². The molecule has 0 amide bonds. The van der Waals surface area contributed by atoms with E-state index in [1.807, 2.05) is 0 Å². The van der Waals surface area contributed by atoms with E-state index in [1.165, 1.54) is 70.9 Å². The summed E-state index contributed by atoms with van der Waals surface area (Å²) in [5, 5.41) is 3.64. The first-order valence-electron chi connectivity index (χ1n) is 8.28. The molecule has 0 radical (unpaired) electrons. The molecule has 1 N–H and O–H groups in total. The lowest BCUT2D eigenvalue weighted by Gasteiger charge is -2.34. The number of nitrogens with one attached hydrogen (secondary N) is 1. The normalized spacial score (nSPS) is 27.7. The molecule has 104 valence electrons. The van der Waals surface area contributed by atoms with Gasteiger partial charge in [0.1, 0.15) is 0 Å². The smallest absolute Gasteiger partial charge is 0.0220 e. The maximum Gasteiger partial charge on any atom is 0.0220 e. The molecule has 0 aliphatic heterocycles. The third kappa shape index (κ3) is 3.48. The maximum atomic E-state index is 3.64. The zero-order valence-electron chi connectivity index (χ0n) is 12.0. The average molecular weight is 250 g/mol. The molecule has 0 aromatic carbocycles. The first-order chi connectivity index (χ1) is 8.86. The van der Waals surface area contributed by atoms with Crippen LogP contribution >= 0.6 is 0 Å². The monoisotopic (exact) mass is 250 g/mol. The second-order valence-electron chi connectivity index (χ2n) is 6.92. The summed E-state index contributed by atoms with van der Waals surface area (Å²) in [7, 11) is 2.18. The first-order valence-corrected chi connectivity index (χ1v) is 8.28. The number of rotatable bonds is 7. The van der Waals surface area contributed by atoms with Crippen molar-refractivity contribution in [3.63, 3.8) is 0 Å². The molecule has 1 unspecified atom stereocenters. The lowest BCUT2D eigenvalue weighted by Crippen LogP contribution is -2.46. The second kappa shape index (κ2) is 5.92. The largest absolute Gasteiger partial charge is 0.315 e. The predicted molar refractivity (Wildman–Crippen MR) is 76.7 cm³/mol. The third-order valence-electron chi connectivity index (χ3n) is 5.27. The van der Waals surface area contributed by atoms with Gasteiger partial charge in [0.15, 0.2) is 0 Å². The number of nitrogens with zero attached hydrogens (tertiary/aromatic N) is 1. The fourth-order valence-corrected chi connectivity index (χ4v) is 3.71. The van der Waals surface area contributed by atoms with Crippen molar-refractivity contribution in [1.82, 2.24) is 10.2 Å². The van der Waals surface area contributed by atoms with Gasteiger partial charge in [0.2, 0.25) is 0 Å². The average Bonchev–Trinajstić information content (AvgIpc) is 3.28. The Morgan fingerprint density at radius 1 is 1.00 bits per heavy atom. The van der Waals surface area contributed by atoms with Gasteiger partial charge in [-0.25, -0.2) is 0 Å². The Morgan fingerprint density at radius 2 is 1.72 bits per heavy atom. The van der Waals surface area contributed by atoms with Crippen molar-refractivity contribution in [3.8, 4) is 0 Å². The highest BCUT2D eigenvalue weighted by Crippen LogP contribution is 2.36. The van der Waals surface area contributed by atoms with E-state index in [0.29, 0.717) is 0 Å². The van der Waals surface area contributed by atoms with Crippen molar-refractivity contribution in [3.05, 3.63) is 0 Å². The Labute approximate surface area is 113 Å². The number of likely N-dealkylation sites (N-methyl/N-ethyl adjacent to an activating group) is 1. The van der Waals surface area contributed by atoms with E-state index < -0.39 is 0 Å². The van der Waals surface area contributed by atoms with Crippen LogP contribution < -0.4 is 5.32 Å². The molecule has 2 heteroatoms. The van der Waals surface area contributed by atoms with Crippen molar-refractivity contribution in [2.75, 3.05) is 20.1 Å². The number of hydrogen-bond donors (Lipinski definition) is 1. The molecule has 2 nitrogen and oxygen atoms in total. The summed E-state index contributed by atoms with van der Waals surface area (Å²) in [6, 6.07) is 1.70. The van der Waals surface area contributed by atoms with E-state index in [2.05, 4.69) is 17.3 Å². The highest BCUT2D eigenvalue weighted by molar-refractivity contribution is 4.91. The lowest BCUT2D eigenvalue weighted by molar-refractivity contribution is 0.177. The summed E-state index contributed by atoms with van der Waals surface area (Å²) >= 11 is 0. The summed E-state index contributed by atoms with van der Waals surface area (Å²) in [6.07, 6.45) is 13.3. The Balaban J connectivity index is 1.52.